The number of rotatable bonds is 2. The van der Waals surface area contributed by atoms with E-state index in [0.29, 0.717) is 4.88 Å². The molecule has 6 heteroatoms. The standard InChI is InChI=1S/C15H17BO4S/c1-14(2)15(3,4)20-16(19-14)10-6-5-9-7-12(13(17)18)21-11(9)8-10/h5-8H,1-4H3,(H,17,18). The van der Waals surface area contributed by atoms with Crippen molar-refractivity contribution < 1.29 is 19.2 Å². The molecule has 4 nitrogen and oxygen atoms in total. The van der Waals surface area contributed by atoms with Gasteiger partial charge in [0.15, 0.2) is 0 Å². The maximum absolute atomic E-state index is 11.0. The molecule has 0 amide bonds. The first-order valence-corrected chi connectivity index (χ1v) is 7.64. The van der Waals surface area contributed by atoms with E-state index in [1.54, 1.807) is 6.07 Å². The second-order valence-electron chi connectivity index (χ2n) is 6.30. The van der Waals surface area contributed by atoms with E-state index in [1.807, 2.05) is 45.9 Å². The third-order valence-electron chi connectivity index (χ3n) is 4.28. The van der Waals surface area contributed by atoms with Crippen LogP contribution in [-0.4, -0.2) is 29.4 Å². The van der Waals surface area contributed by atoms with Crippen LogP contribution in [0.4, 0.5) is 0 Å². The Kier molecular flexibility index (Phi) is 3.17. The number of fused-ring (bicyclic) bond motifs is 1. The van der Waals surface area contributed by atoms with Crippen molar-refractivity contribution in [1.82, 2.24) is 0 Å². The van der Waals surface area contributed by atoms with Gasteiger partial charge in [0, 0.05) is 4.70 Å². The van der Waals surface area contributed by atoms with E-state index in [-0.39, 0.29) is 11.2 Å². The minimum Gasteiger partial charge on any atom is -0.477 e. The fourth-order valence-electron chi connectivity index (χ4n) is 2.28. The van der Waals surface area contributed by atoms with Crippen LogP contribution in [0.1, 0.15) is 37.4 Å². The van der Waals surface area contributed by atoms with E-state index < -0.39 is 13.1 Å². The summed E-state index contributed by atoms with van der Waals surface area (Å²) < 4.78 is 13.0. The van der Waals surface area contributed by atoms with Crippen molar-refractivity contribution in [3.63, 3.8) is 0 Å². The largest absolute Gasteiger partial charge is 0.494 e. The first-order chi connectivity index (χ1) is 9.69. The molecule has 1 aliphatic heterocycles. The van der Waals surface area contributed by atoms with Crippen molar-refractivity contribution in [2.24, 2.45) is 0 Å². The highest BCUT2D eigenvalue weighted by atomic mass is 32.1. The molecule has 110 valence electrons. The molecule has 0 bridgehead atoms. The van der Waals surface area contributed by atoms with E-state index in [2.05, 4.69) is 0 Å². The monoisotopic (exact) mass is 304 g/mol. The van der Waals surface area contributed by atoms with Crippen molar-refractivity contribution in [3.05, 3.63) is 29.1 Å². The Bertz CT molecular complexity index is 704. The quantitative estimate of drug-likeness (QED) is 0.867. The Morgan fingerprint density at radius 3 is 2.33 bits per heavy atom. The smallest absolute Gasteiger partial charge is 0.477 e. The Hall–Kier alpha value is -1.37. The van der Waals surface area contributed by atoms with Gasteiger partial charge in [-0.1, -0.05) is 12.1 Å². The maximum atomic E-state index is 11.0. The summed E-state index contributed by atoms with van der Waals surface area (Å²) in [6.07, 6.45) is 0. The first kappa shape index (κ1) is 14.6. The first-order valence-electron chi connectivity index (χ1n) is 6.82. The Balaban J connectivity index is 1.97. The van der Waals surface area contributed by atoms with Crippen molar-refractivity contribution >= 4 is 40.0 Å². The fourth-order valence-corrected chi connectivity index (χ4v) is 3.23. The molecule has 0 saturated carbocycles. The molecule has 0 aliphatic carbocycles. The van der Waals surface area contributed by atoms with Gasteiger partial charge in [0.2, 0.25) is 0 Å². The minimum absolute atomic E-state index is 0.344. The summed E-state index contributed by atoms with van der Waals surface area (Å²) in [4.78, 5) is 11.4. The van der Waals surface area contributed by atoms with Gasteiger partial charge < -0.3 is 14.4 Å². The molecule has 1 aromatic carbocycles. The number of carboxylic acid groups (broad SMARTS) is 1. The van der Waals surface area contributed by atoms with E-state index in [4.69, 9.17) is 14.4 Å². The Labute approximate surface area is 127 Å². The van der Waals surface area contributed by atoms with Crippen LogP contribution in [0.2, 0.25) is 0 Å². The number of carboxylic acids is 1. The molecule has 1 saturated heterocycles. The van der Waals surface area contributed by atoms with Crippen LogP contribution in [0.25, 0.3) is 10.1 Å². The molecule has 21 heavy (non-hydrogen) atoms. The lowest BCUT2D eigenvalue weighted by atomic mass is 9.79. The summed E-state index contributed by atoms with van der Waals surface area (Å²) in [5, 5.41) is 9.99. The van der Waals surface area contributed by atoms with E-state index in [9.17, 15) is 4.79 Å². The summed E-state index contributed by atoms with van der Waals surface area (Å²) in [5.41, 5.74) is 0.155. The van der Waals surface area contributed by atoms with Gasteiger partial charge in [-0.3, -0.25) is 0 Å². The lowest BCUT2D eigenvalue weighted by Gasteiger charge is -2.32. The highest BCUT2D eigenvalue weighted by Gasteiger charge is 2.51. The van der Waals surface area contributed by atoms with Crippen molar-refractivity contribution in [1.29, 1.82) is 0 Å². The zero-order valence-electron chi connectivity index (χ0n) is 12.5. The molecule has 1 N–H and O–H groups in total. The van der Waals surface area contributed by atoms with Crippen molar-refractivity contribution in [2.75, 3.05) is 0 Å². The van der Waals surface area contributed by atoms with Crippen LogP contribution in [0.5, 0.6) is 0 Å². The molecule has 0 spiro atoms. The normalized spacial score (nSPS) is 20.1. The van der Waals surface area contributed by atoms with Crippen LogP contribution < -0.4 is 5.46 Å². The molecule has 1 fully saturated rings. The number of aromatic carboxylic acids is 1. The molecule has 3 rings (SSSR count). The SMILES string of the molecule is CC1(C)OB(c2ccc3cc(C(=O)O)sc3c2)OC1(C)C. The molecule has 1 aliphatic rings. The zero-order valence-corrected chi connectivity index (χ0v) is 13.3. The summed E-state index contributed by atoms with van der Waals surface area (Å²) in [7, 11) is -0.422. The third kappa shape index (κ3) is 2.37. The second kappa shape index (κ2) is 4.56. The molecular weight excluding hydrogens is 287 g/mol. The average Bonchev–Trinajstić information content (AvgIpc) is 2.88. The Morgan fingerprint density at radius 1 is 1.14 bits per heavy atom. The molecule has 2 heterocycles. The number of hydrogen-bond acceptors (Lipinski definition) is 4. The summed E-state index contributed by atoms with van der Waals surface area (Å²) in [6, 6.07) is 7.49. The summed E-state index contributed by atoms with van der Waals surface area (Å²) in [5.74, 6) is -0.895. The van der Waals surface area contributed by atoms with E-state index in [1.165, 1.54) is 11.3 Å². The topological polar surface area (TPSA) is 55.8 Å². The van der Waals surface area contributed by atoms with Crippen LogP contribution in [0.15, 0.2) is 24.3 Å². The third-order valence-corrected chi connectivity index (χ3v) is 5.37. The van der Waals surface area contributed by atoms with Crippen LogP contribution >= 0.6 is 11.3 Å². The van der Waals surface area contributed by atoms with Gasteiger partial charge in [-0.25, -0.2) is 4.79 Å². The molecular formula is C15H17BO4S. The number of benzene rings is 1. The maximum Gasteiger partial charge on any atom is 0.494 e. The highest BCUT2D eigenvalue weighted by Crippen LogP contribution is 2.36. The van der Waals surface area contributed by atoms with Gasteiger partial charge >= 0.3 is 13.1 Å². The predicted molar refractivity (Wildman–Crippen MR) is 84.5 cm³/mol. The zero-order chi connectivity index (χ0) is 15.4. The molecule has 0 radical (unpaired) electrons. The fraction of sp³-hybridized carbons (Fsp3) is 0.400. The van der Waals surface area contributed by atoms with Gasteiger partial charge in [-0.15, -0.1) is 11.3 Å². The highest BCUT2D eigenvalue weighted by molar-refractivity contribution is 7.20. The summed E-state index contributed by atoms with van der Waals surface area (Å²) in [6.45, 7) is 8.05. The van der Waals surface area contributed by atoms with Gasteiger partial charge in [0.1, 0.15) is 4.88 Å². The van der Waals surface area contributed by atoms with Crippen molar-refractivity contribution in [2.45, 2.75) is 38.9 Å². The lowest BCUT2D eigenvalue weighted by molar-refractivity contribution is 0.00578. The van der Waals surface area contributed by atoms with Gasteiger partial charge in [0.25, 0.3) is 0 Å². The molecule has 0 atom stereocenters. The van der Waals surface area contributed by atoms with Gasteiger partial charge in [-0.05, 0) is 50.7 Å². The second-order valence-corrected chi connectivity index (χ2v) is 7.39. The average molecular weight is 304 g/mol. The van der Waals surface area contributed by atoms with E-state index >= 15 is 0 Å². The van der Waals surface area contributed by atoms with Gasteiger partial charge in [0.05, 0.1) is 11.2 Å². The van der Waals surface area contributed by atoms with E-state index in [0.717, 1.165) is 15.5 Å². The summed E-state index contributed by atoms with van der Waals surface area (Å²) >= 11 is 1.27. The lowest BCUT2D eigenvalue weighted by Crippen LogP contribution is -2.41. The van der Waals surface area contributed by atoms with Crippen molar-refractivity contribution in [3.8, 4) is 0 Å². The van der Waals surface area contributed by atoms with Crippen LogP contribution in [0, 0.1) is 0 Å². The Morgan fingerprint density at radius 2 is 1.76 bits per heavy atom. The molecule has 1 aromatic heterocycles. The van der Waals surface area contributed by atoms with Crippen LogP contribution in [-0.2, 0) is 9.31 Å². The van der Waals surface area contributed by atoms with Gasteiger partial charge in [-0.2, -0.15) is 0 Å². The molecule has 0 unspecified atom stereocenters. The number of hydrogen-bond donors (Lipinski definition) is 1. The molecule has 2 aromatic rings. The number of thiophene rings is 1. The minimum atomic E-state index is -0.895. The number of carbonyl (C=O) groups is 1. The predicted octanol–water partition coefficient (Wildman–Crippen LogP) is 2.90. The van der Waals surface area contributed by atoms with Crippen LogP contribution in [0.3, 0.4) is 0 Å².